The molecule has 1 aliphatic heterocycles. The van der Waals surface area contributed by atoms with Gasteiger partial charge in [-0.25, -0.2) is 14.4 Å². The number of nitrogens with zero attached hydrogens (tertiary/aromatic N) is 4. The van der Waals surface area contributed by atoms with Crippen LogP contribution in [0.4, 0.5) is 15.9 Å². The van der Waals surface area contributed by atoms with Crippen LogP contribution in [0.25, 0.3) is 11.0 Å². The highest BCUT2D eigenvalue weighted by molar-refractivity contribution is 6.30. The first-order chi connectivity index (χ1) is 14.0. The van der Waals surface area contributed by atoms with Gasteiger partial charge in [0.2, 0.25) is 5.91 Å². The Balaban J connectivity index is 1.39. The lowest BCUT2D eigenvalue weighted by Crippen LogP contribution is -2.53. The van der Waals surface area contributed by atoms with Crippen LogP contribution < -0.4 is 15.5 Å². The summed E-state index contributed by atoms with van der Waals surface area (Å²) >= 11 is 5.84. The molecule has 0 spiro atoms. The summed E-state index contributed by atoms with van der Waals surface area (Å²) in [6.07, 6.45) is 4.14. The summed E-state index contributed by atoms with van der Waals surface area (Å²) in [5.74, 6) is 0.510. The van der Waals surface area contributed by atoms with Gasteiger partial charge in [-0.1, -0.05) is 18.5 Å². The summed E-state index contributed by atoms with van der Waals surface area (Å²) in [4.78, 5) is 23.2. The number of piperidine rings is 1. The van der Waals surface area contributed by atoms with Gasteiger partial charge in [0.25, 0.3) is 0 Å². The zero-order valence-electron chi connectivity index (χ0n) is 15.8. The Morgan fingerprint density at radius 1 is 1.38 bits per heavy atom. The molecule has 0 aliphatic carbocycles. The third kappa shape index (κ3) is 4.40. The zero-order chi connectivity index (χ0) is 20.4. The summed E-state index contributed by atoms with van der Waals surface area (Å²) in [7, 11) is 0. The lowest BCUT2D eigenvalue weighted by Gasteiger charge is -2.38. The first kappa shape index (κ1) is 19.4. The molecule has 1 fully saturated rings. The summed E-state index contributed by atoms with van der Waals surface area (Å²) < 4.78 is 13.4. The Hall–Kier alpha value is -2.94. The van der Waals surface area contributed by atoms with Crippen LogP contribution in [-0.2, 0) is 4.79 Å². The molecule has 10 heteroatoms. The van der Waals surface area contributed by atoms with Gasteiger partial charge in [0, 0.05) is 29.8 Å². The molecular weight excluding hydrogens is 397 g/mol. The van der Waals surface area contributed by atoms with Gasteiger partial charge in [0.15, 0.2) is 5.65 Å². The van der Waals surface area contributed by atoms with Crippen molar-refractivity contribution >= 4 is 40.0 Å². The van der Waals surface area contributed by atoms with E-state index in [4.69, 9.17) is 11.6 Å². The fraction of sp³-hybridized carbons (Fsp3) is 0.368. The van der Waals surface area contributed by atoms with E-state index in [-0.39, 0.29) is 23.5 Å². The van der Waals surface area contributed by atoms with Crippen molar-refractivity contribution in [2.45, 2.75) is 19.4 Å². The van der Waals surface area contributed by atoms with E-state index in [0.29, 0.717) is 23.8 Å². The summed E-state index contributed by atoms with van der Waals surface area (Å²) in [5, 5.41) is 14.0. The Bertz CT molecular complexity index is 1010. The third-order valence-electron chi connectivity index (χ3n) is 5.15. The number of fused-ring (bicyclic) bond motifs is 1. The summed E-state index contributed by atoms with van der Waals surface area (Å²) in [6.45, 7) is 3.62. The van der Waals surface area contributed by atoms with Gasteiger partial charge in [-0.05, 0) is 30.5 Å². The highest BCUT2D eigenvalue weighted by Crippen LogP contribution is 2.26. The van der Waals surface area contributed by atoms with Gasteiger partial charge in [-0.2, -0.15) is 5.10 Å². The largest absolute Gasteiger partial charge is 0.376 e. The van der Waals surface area contributed by atoms with Gasteiger partial charge in [0.05, 0.1) is 18.1 Å². The molecule has 4 rings (SSSR count). The normalized spacial score (nSPS) is 19.3. The highest BCUT2D eigenvalue weighted by atomic mass is 35.5. The van der Waals surface area contributed by atoms with E-state index in [2.05, 4.69) is 42.6 Å². The lowest BCUT2D eigenvalue weighted by atomic mass is 9.93. The predicted molar refractivity (Wildman–Crippen MR) is 110 cm³/mol. The second kappa shape index (κ2) is 8.20. The molecule has 3 N–H and O–H groups in total. The Morgan fingerprint density at radius 3 is 3.07 bits per heavy atom. The number of hydrogen-bond donors (Lipinski definition) is 3. The van der Waals surface area contributed by atoms with Crippen LogP contribution in [0.1, 0.15) is 13.3 Å². The van der Waals surface area contributed by atoms with Crippen LogP contribution in [-0.4, -0.2) is 51.7 Å². The van der Waals surface area contributed by atoms with E-state index in [1.165, 1.54) is 18.5 Å². The number of halogens is 2. The number of anilines is 2. The van der Waals surface area contributed by atoms with Crippen LogP contribution in [0.3, 0.4) is 0 Å². The van der Waals surface area contributed by atoms with E-state index < -0.39 is 5.82 Å². The number of nitrogens with one attached hydrogen (secondary N) is 3. The zero-order valence-corrected chi connectivity index (χ0v) is 16.6. The molecule has 3 aromatic rings. The third-order valence-corrected chi connectivity index (χ3v) is 5.37. The van der Waals surface area contributed by atoms with E-state index in [1.54, 1.807) is 12.3 Å². The van der Waals surface area contributed by atoms with Crippen molar-refractivity contribution < 1.29 is 9.18 Å². The van der Waals surface area contributed by atoms with Gasteiger partial charge >= 0.3 is 0 Å². The van der Waals surface area contributed by atoms with Crippen LogP contribution >= 0.6 is 11.6 Å². The van der Waals surface area contributed by atoms with Crippen molar-refractivity contribution in [1.29, 1.82) is 0 Å². The minimum absolute atomic E-state index is 0.0302. The van der Waals surface area contributed by atoms with Crippen LogP contribution in [0, 0.1) is 11.7 Å². The predicted octanol–water partition coefficient (Wildman–Crippen LogP) is 2.59. The molecule has 2 atom stereocenters. The number of rotatable bonds is 5. The number of amides is 1. The summed E-state index contributed by atoms with van der Waals surface area (Å²) in [6, 6.07) is 4.06. The number of carbonyl (C=O) groups is 1. The molecule has 8 nitrogen and oxygen atoms in total. The van der Waals surface area contributed by atoms with Crippen LogP contribution in [0.15, 0.2) is 30.7 Å². The first-order valence-electron chi connectivity index (χ1n) is 9.38. The smallest absolute Gasteiger partial charge is 0.239 e. The first-order valence-corrected chi connectivity index (χ1v) is 9.76. The number of H-pyrrole nitrogens is 1. The minimum Gasteiger partial charge on any atom is -0.376 e. The number of hydrogen-bond acceptors (Lipinski definition) is 6. The molecule has 1 aliphatic rings. The van der Waals surface area contributed by atoms with Crippen molar-refractivity contribution in [3.63, 3.8) is 0 Å². The van der Waals surface area contributed by atoms with E-state index in [9.17, 15) is 9.18 Å². The van der Waals surface area contributed by atoms with Gasteiger partial charge in [-0.3, -0.25) is 9.89 Å². The number of aromatic amines is 1. The van der Waals surface area contributed by atoms with Crippen LogP contribution in [0.5, 0.6) is 0 Å². The molecule has 1 amide bonds. The van der Waals surface area contributed by atoms with Gasteiger partial charge in [0.1, 0.15) is 18.0 Å². The molecule has 0 bridgehead atoms. The standard InChI is InChI=1S/C19H21ClFN7O/c1-11-2-3-28(19-15-7-25-27-18(15)23-10-24-19)9-16(11)26-17(29)8-22-14-5-12(20)4-13(21)6-14/h4-7,10-11,16,22H,2-3,8-9H2,1H3,(H,26,29)(H,23,24,25,27)/t11-,16-/m0/s1. The molecule has 0 saturated carbocycles. The van der Waals surface area contributed by atoms with Crippen molar-refractivity contribution in [3.8, 4) is 0 Å². The maximum Gasteiger partial charge on any atom is 0.239 e. The van der Waals surface area contributed by atoms with E-state index >= 15 is 0 Å². The van der Waals surface area contributed by atoms with E-state index in [1.807, 2.05) is 0 Å². The Labute approximate surface area is 171 Å². The second-order valence-electron chi connectivity index (χ2n) is 7.23. The SMILES string of the molecule is C[C@H]1CCN(c2ncnc3[nH]ncc23)C[C@@H]1NC(=O)CNc1cc(F)cc(Cl)c1. The monoisotopic (exact) mass is 417 g/mol. The lowest BCUT2D eigenvalue weighted by molar-refractivity contribution is -0.120. The molecule has 29 heavy (non-hydrogen) atoms. The maximum atomic E-state index is 13.4. The fourth-order valence-corrected chi connectivity index (χ4v) is 3.77. The minimum atomic E-state index is -0.452. The molecule has 1 aromatic carbocycles. The maximum absolute atomic E-state index is 13.4. The average Bonchev–Trinajstić information content (AvgIpc) is 3.16. The molecule has 152 valence electrons. The molecule has 0 unspecified atom stereocenters. The quantitative estimate of drug-likeness (QED) is 0.590. The molecule has 1 saturated heterocycles. The molecule has 2 aromatic heterocycles. The highest BCUT2D eigenvalue weighted by Gasteiger charge is 2.29. The average molecular weight is 418 g/mol. The fourth-order valence-electron chi connectivity index (χ4n) is 3.55. The number of carbonyl (C=O) groups excluding carboxylic acids is 1. The van der Waals surface area contributed by atoms with Crippen molar-refractivity contribution in [2.75, 3.05) is 29.9 Å². The van der Waals surface area contributed by atoms with Crippen molar-refractivity contribution in [3.05, 3.63) is 41.6 Å². The van der Waals surface area contributed by atoms with Crippen molar-refractivity contribution in [1.82, 2.24) is 25.5 Å². The number of aromatic nitrogens is 4. The summed E-state index contributed by atoms with van der Waals surface area (Å²) in [5.41, 5.74) is 1.15. The van der Waals surface area contributed by atoms with Crippen LogP contribution in [0.2, 0.25) is 5.02 Å². The van der Waals surface area contributed by atoms with E-state index in [0.717, 1.165) is 24.2 Å². The topological polar surface area (TPSA) is 98.8 Å². The van der Waals surface area contributed by atoms with Crippen molar-refractivity contribution in [2.24, 2.45) is 5.92 Å². The molecule has 0 radical (unpaired) electrons. The molecular formula is C19H21ClFN7O. The Kier molecular flexibility index (Phi) is 5.48. The van der Waals surface area contributed by atoms with Gasteiger partial charge in [-0.15, -0.1) is 0 Å². The molecule has 3 heterocycles. The number of benzene rings is 1. The second-order valence-corrected chi connectivity index (χ2v) is 7.66. The Morgan fingerprint density at radius 2 is 2.24 bits per heavy atom. The van der Waals surface area contributed by atoms with Gasteiger partial charge < -0.3 is 15.5 Å².